The molecule has 0 saturated heterocycles. The van der Waals surface area contributed by atoms with E-state index in [0.29, 0.717) is 11.3 Å². The Morgan fingerprint density at radius 3 is 2.48 bits per heavy atom. The molecule has 0 spiro atoms. The summed E-state index contributed by atoms with van der Waals surface area (Å²) >= 11 is 11.7. The van der Waals surface area contributed by atoms with Crippen molar-refractivity contribution >= 4 is 41.1 Å². The van der Waals surface area contributed by atoms with Crippen molar-refractivity contribution in [2.75, 3.05) is 5.32 Å². The number of hydrogen-bond donors (Lipinski definition) is 1. The number of nitrogens with one attached hydrogen (secondary N) is 1. The maximum absolute atomic E-state index is 13.7. The fourth-order valence-corrected chi connectivity index (χ4v) is 3.66. The SMILES string of the molecule is CC(=O)Nc1nn(-c2ccc(C=CC(c3cc(Cl)cc(Cl)c3)C(F)(F)F)cc2C#N)c[n+]1C. The largest absolute Gasteiger partial charge is 0.399 e. The van der Waals surface area contributed by atoms with Crippen LogP contribution < -0.4 is 9.88 Å². The predicted molar refractivity (Wildman–Crippen MR) is 118 cm³/mol. The highest BCUT2D eigenvalue weighted by molar-refractivity contribution is 6.34. The Balaban J connectivity index is 1.96. The quantitative estimate of drug-likeness (QED) is 0.495. The van der Waals surface area contributed by atoms with E-state index in [0.717, 1.165) is 6.08 Å². The number of aryl methyl sites for hydroxylation is 1. The molecule has 0 aliphatic rings. The lowest BCUT2D eigenvalue weighted by Crippen LogP contribution is -2.31. The van der Waals surface area contributed by atoms with E-state index in [2.05, 4.69) is 10.4 Å². The summed E-state index contributed by atoms with van der Waals surface area (Å²) in [5.74, 6) is -1.98. The van der Waals surface area contributed by atoms with Gasteiger partial charge in [-0.3, -0.25) is 4.79 Å². The molecule has 3 rings (SSSR count). The molecule has 1 unspecified atom stereocenters. The molecular formula is C22H17Cl2F3N5O+. The van der Waals surface area contributed by atoms with Gasteiger partial charge in [0.15, 0.2) is 6.33 Å². The van der Waals surface area contributed by atoms with Crippen LogP contribution in [0.25, 0.3) is 11.8 Å². The molecule has 0 bridgehead atoms. The molecule has 3 aromatic rings. The molecule has 2 aromatic carbocycles. The molecular weight excluding hydrogens is 478 g/mol. The fraction of sp³-hybridized carbons (Fsp3) is 0.182. The van der Waals surface area contributed by atoms with Gasteiger partial charge in [0, 0.05) is 22.1 Å². The number of nitriles is 1. The van der Waals surface area contributed by atoms with E-state index < -0.39 is 12.1 Å². The molecule has 0 radical (unpaired) electrons. The van der Waals surface area contributed by atoms with Gasteiger partial charge >= 0.3 is 12.1 Å². The van der Waals surface area contributed by atoms with Gasteiger partial charge in [0.1, 0.15) is 11.8 Å². The third kappa shape index (κ3) is 5.92. The zero-order valence-corrected chi connectivity index (χ0v) is 18.9. The number of alkyl halides is 3. The van der Waals surface area contributed by atoms with Crippen molar-refractivity contribution in [3.05, 3.63) is 75.5 Å². The van der Waals surface area contributed by atoms with E-state index in [4.69, 9.17) is 23.2 Å². The summed E-state index contributed by atoms with van der Waals surface area (Å²) in [5, 5.41) is 16.6. The van der Waals surface area contributed by atoms with E-state index >= 15 is 0 Å². The highest BCUT2D eigenvalue weighted by Crippen LogP contribution is 2.38. The Kier molecular flexibility index (Phi) is 7.10. The van der Waals surface area contributed by atoms with E-state index in [1.807, 2.05) is 6.07 Å². The first-order valence-electron chi connectivity index (χ1n) is 9.46. The van der Waals surface area contributed by atoms with Gasteiger partial charge in [0.25, 0.3) is 5.91 Å². The Hall–Kier alpha value is -3.35. The van der Waals surface area contributed by atoms with Crippen molar-refractivity contribution in [2.45, 2.75) is 19.0 Å². The zero-order chi connectivity index (χ0) is 24.3. The normalized spacial score (nSPS) is 12.5. The van der Waals surface area contributed by atoms with Gasteiger partial charge in [-0.2, -0.15) is 18.4 Å². The van der Waals surface area contributed by atoms with Crippen LogP contribution in [0.4, 0.5) is 19.1 Å². The van der Waals surface area contributed by atoms with Crippen LogP contribution in [0.15, 0.2) is 48.8 Å². The average Bonchev–Trinajstić information content (AvgIpc) is 3.05. The van der Waals surface area contributed by atoms with Crippen molar-refractivity contribution in [1.82, 2.24) is 9.78 Å². The molecule has 0 aliphatic carbocycles. The Bertz CT molecular complexity index is 1260. The maximum atomic E-state index is 13.7. The standard InChI is InChI=1S/C22H16Cl2F3N5O/c1-13(33)29-21-30-32(12-31(21)2)20-6-4-14(7-16(20)11-28)3-5-19(22(25,26)27)15-8-17(23)10-18(24)9-15/h3-10,12,19H,1-2H3/p+1. The van der Waals surface area contributed by atoms with E-state index in [-0.39, 0.29) is 33.0 Å². The monoisotopic (exact) mass is 494 g/mol. The molecule has 1 aromatic heterocycles. The molecule has 1 amide bonds. The third-order valence-electron chi connectivity index (χ3n) is 4.57. The van der Waals surface area contributed by atoms with Crippen molar-refractivity contribution < 1.29 is 22.5 Å². The lowest BCUT2D eigenvalue weighted by molar-refractivity contribution is -0.657. The summed E-state index contributed by atoms with van der Waals surface area (Å²) in [5.41, 5.74) is 0.874. The van der Waals surface area contributed by atoms with Gasteiger partial charge in [-0.05, 0) is 41.5 Å². The molecule has 33 heavy (non-hydrogen) atoms. The number of amides is 1. The minimum atomic E-state index is -4.58. The fourth-order valence-electron chi connectivity index (χ4n) is 3.12. The molecule has 170 valence electrons. The second kappa shape index (κ2) is 9.65. The number of nitrogens with zero attached hydrogens (tertiary/aromatic N) is 4. The number of carbonyl (C=O) groups is 1. The lowest BCUT2D eigenvalue weighted by Gasteiger charge is -2.18. The van der Waals surface area contributed by atoms with Gasteiger partial charge < -0.3 is 0 Å². The summed E-state index contributed by atoms with van der Waals surface area (Å²) in [4.78, 5) is 11.3. The van der Waals surface area contributed by atoms with Crippen LogP contribution in [-0.2, 0) is 11.8 Å². The zero-order valence-electron chi connectivity index (χ0n) is 17.4. The van der Waals surface area contributed by atoms with Crippen molar-refractivity contribution in [1.29, 1.82) is 5.26 Å². The highest BCUT2D eigenvalue weighted by atomic mass is 35.5. The molecule has 0 saturated carbocycles. The first-order valence-corrected chi connectivity index (χ1v) is 10.2. The van der Waals surface area contributed by atoms with Crippen LogP contribution in [0.3, 0.4) is 0 Å². The number of aromatic nitrogens is 3. The van der Waals surface area contributed by atoms with E-state index in [1.54, 1.807) is 30.1 Å². The Morgan fingerprint density at radius 2 is 1.91 bits per heavy atom. The third-order valence-corrected chi connectivity index (χ3v) is 5.01. The van der Waals surface area contributed by atoms with Gasteiger partial charge in [-0.15, -0.1) is 4.68 Å². The number of allylic oxidation sites excluding steroid dienone is 1. The second-order valence-electron chi connectivity index (χ2n) is 7.15. The molecule has 1 atom stereocenters. The molecule has 1 heterocycles. The van der Waals surface area contributed by atoms with Crippen LogP contribution in [0.2, 0.25) is 10.0 Å². The van der Waals surface area contributed by atoms with Gasteiger partial charge in [-0.25, -0.2) is 9.88 Å². The van der Waals surface area contributed by atoms with Crippen molar-refractivity contribution in [3.8, 4) is 11.8 Å². The van der Waals surface area contributed by atoms with Gasteiger partial charge in [-0.1, -0.05) is 41.4 Å². The summed E-state index contributed by atoms with van der Waals surface area (Å²) < 4.78 is 44.0. The first-order chi connectivity index (χ1) is 15.5. The number of halogens is 5. The Labute approximate surface area is 197 Å². The number of rotatable bonds is 5. The summed E-state index contributed by atoms with van der Waals surface area (Å²) in [7, 11) is 1.66. The Morgan fingerprint density at radius 1 is 1.24 bits per heavy atom. The number of carbonyl (C=O) groups excluding carboxylic acids is 1. The van der Waals surface area contributed by atoms with E-state index in [9.17, 15) is 23.2 Å². The molecule has 0 fully saturated rings. The van der Waals surface area contributed by atoms with Crippen LogP contribution in [0.1, 0.15) is 29.5 Å². The average molecular weight is 495 g/mol. The summed E-state index contributed by atoms with van der Waals surface area (Å²) in [6.45, 7) is 1.34. The van der Waals surface area contributed by atoms with Crippen LogP contribution in [-0.4, -0.2) is 21.9 Å². The number of anilines is 1. The molecule has 11 heteroatoms. The second-order valence-corrected chi connectivity index (χ2v) is 8.02. The van der Waals surface area contributed by atoms with Crippen molar-refractivity contribution in [3.63, 3.8) is 0 Å². The van der Waals surface area contributed by atoms with Crippen LogP contribution >= 0.6 is 23.2 Å². The van der Waals surface area contributed by atoms with Crippen molar-refractivity contribution in [2.24, 2.45) is 7.05 Å². The lowest BCUT2D eigenvalue weighted by atomic mass is 9.96. The first kappa shape index (κ1) is 24.3. The number of hydrogen-bond acceptors (Lipinski definition) is 3. The summed E-state index contributed by atoms with van der Waals surface area (Å²) in [6.07, 6.45) is -0.754. The molecule has 6 nitrogen and oxygen atoms in total. The van der Waals surface area contributed by atoms with Gasteiger partial charge in [0.2, 0.25) is 0 Å². The predicted octanol–water partition coefficient (Wildman–Crippen LogP) is 5.19. The minimum absolute atomic E-state index is 0.0945. The number of benzene rings is 2. The minimum Gasteiger partial charge on any atom is -0.261 e. The highest BCUT2D eigenvalue weighted by Gasteiger charge is 2.39. The molecule has 0 aliphatic heterocycles. The smallest absolute Gasteiger partial charge is 0.261 e. The van der Waals surface area contributed by atoms with Crippen LogP contribution in [0.5, 0.6) is 0 Å². The maximum Gasteiger partial charge on any atom is 0.399 e. The van der Waals surface area contributed by atoms with Crippen LogP contribution in [0, 0.1) is 11.3 Å². The molecule has 1 N–H and O–H groups in total. The van der Waals surface area contributed by atoms with Gasteiger partial charge in [0.05, 0.1) is 18.5 Å². The van der Waals surface area contributed by atoms with E-state index in [1.165, 1.54) is 41.9 Å². The topological polar surface area (TPSA) is 74.6 Å². The summed E-state index contributed by atoms with van der Waals surface area (Å²) in [6, 6.07) is 10.4.